The number of rotatable bonds is 6. The number of nitrogens with zero attached hydrogens (tertiary/aromatic N) is 1. The number of aryl methyl sites for hydroxylation is 1. The van der Waals surface area contributed by atoms with E-state index in [0.717, 1.165) is 11.4 Å². The fraction of sp³-hybridized carbons (Fsp3) is 0.286. The van der Waals surface area contributed by atoms with E-state index in [1.54, 1.807) is 24.5 Å². The molecule has 20 heavy (non-hydrogen) atoms. The minimum Gasteiger partial charge on any atom is -0.482 e. The van der Waals surface area contributed by atoms with Gasteiger partial charge in [-0.1, -0.05) is 17.7 Å². The van der Waals surface area contributed by atoms with Crippen molar-refractivity contribution in [3.63, 3.8) is 0 Å². The van der Waals surface area contributed by atoms with Crippen LogP contribution >= 0.6 is 11.6 Å². The van der Waals surface area contributed by atoms with Crippen LogP contribution in [0.3, 0.4) is 0 Å². The monoisotopic (exact) mass is 293 g/mol. The van der Waals surface area contributed by atoms with Crippen LogP contribution in [0.25, 0.3) is 0 Å². The van der Waals surface area contributed by atoms with Gasteiger partial charge in [-0.15, -0.1) is 0 Å². The van der Waals surface area contributed by atoms with Crippen LogP contribution in [0, 0.1) is 6.92 Å². The van der Waals surface area contributed by atoms with Crippen LogP contribution in [-0.2, 0) is 11.2 Å². The topological polar surface area (TPSA) is 67.0 Å². The maximum atomic E-state index is 11.6. The quantitative estimate of drug-likeness (QED) is 0.857. The van der Waals surface area contributed by atoms with E-state index in [9.17, 15) is 4.79 Å². The lowest BCUT2D eigenvalue weighted by molar-refractivity contribution is -0.123. The van der Waals surface area contributed by atoms with Gasteiger partial charge in [0.2, 0.25) is 0 Å². The molecule has 0 fully saturated rings. The van der Waals surface area contributed by atoms with Gasteiger partial charge in [0.15, 0.2) is 6.61 Å². The van der Waals surface area contributed by atoms with Crippen molar-refractivity contribution in [1.82, 2.24) is 15.3 Å². The van der Waals surface area contributed by atoms with Crippen molar-refractivity contribution >= 4 is 17.5 Å². The predicted octanol–water partition coefficient (Wildman–Crippen LogP) is 2.11. The molecule has 0 atom stereocenters. The molecule has 1 amide bonds. The number of halogens is 1. The minimum absolute atomic E-state index is 0.0542. The van der Waals surface area contributed by atoms with E-state index in [2.05, 4.69) is 15.3 Å². The van der Waals surface area contributed by atoms with Crippen molar-refractivity contribution in [3.8, 4) is 5.75 Å². The van der Waals surface area contributed by atoms with Crippen LogP contribution in [0.4, 0.5) is 0 Å². The third kappa shape index (κ3) is 4.28. The summed E-state index contributed by atoms with van der Waals surface area (Å²) in [7, 11) is 0. The first-order valence-corrected chi connectivity index (χ1v) is 6.67. The number of imidazole rings is 1. The number of hydrogen-bond donors (Lipinski definition) is 2. The van der Waals surface area contributed by atoms with Gasteiger partial charge in [-0.05, 0) is 24.6 Å². The zero-order chi connectivity index (χ0) is 14.4. The second-order valence-electron chi connectivity index (χ2n) is 4.36. The number of carbonyl (C=O) groups excluding carboxylic acids is 1. The van der Waals surface area contributed by atoms with E-state index >= 15 is 0 Å². The lowest BCUT2D eigenvalue weighted by atomic mass is 10.2. The predicted molar refractivity (Wildman–Crippen MR) is 77.0 cm³/mol. The maximum absolute atomic E-state index is 11.6. The molecule has 0 aliphatic heterocycles. The molecule has 2 N–H and O–H groups in total. The summed E-state index contributed by atoms with van der Waals surface area (Å²) in [5, 5.41) is 3.26. The van der Waals surface area contributed by atoms with Crippen molar-refractivity contribution in [2.45, 2.75) is 13.3 Å². The molecule has 1 heterocycles. The van der Waals surface area contributed by atoms with Gasteiger partial charge in [-0.25, -0.2) is 4.98 Å². The standard InChI is InChI=1S/C14H16ClN3O2/c1-10-2-3-11(15)12(8-10)20-9-14(19)18-5-4-13-16-6-7-17-13/h2-3,6-8H,4-5,9H2,1H3,(H,16,17)(H,18,19). The smallest absolute Gasteiger partial charge is 0.257 e. The molecule has 0 aliphatic rings. The molecule has 0 bridgehead atoms. The Bertz CT molecular complexity index is 570. The van der Waals surface area contributed by atoms with Gasteiger partial charge in [-0.3, -0.25) is 4.79 Å². The highest BCUT2D eigenvalue weighted by Gasteiger charge is 2.06. The molecule has 1 aromatic heterocycles. The Morgan fingerprint density at radius 1 is 1.50 bits per heavy atom. The summed E-state index contributed by atoms with van der Waals surface area (Å²) in [5.74, 6) is 1.18. The molecular weight excluding hydrogens is 278 g/mol. The average molecular weight is 294 g/mol. The molecule has 0 aliphatic carbocycles. The summed E-state index contributed by atoms with van der Waals surface area (Å²) in [5.41, 5.74) is 1.03. The normalized spacial score (nSPS) is 10.3. The molecule has 2 rings (SSSR count). The Kier molecular flexibility index (Phi) is 5.01. The summed E-state index contributed by atoms with van der Waals surface area (Å²) >= 11 is 5.98. The Labute approximate surface area is 122 Å². The van der Waals surface area contributed by atoms with Gasteiger partial charge < -0.3 is 15.0 Å². The lowest BCUT2D eigenvalue weighted by Crippen LogP contribution is -2.30. The number of nitrogens with one attached hydrogen (secondary N) is 2. The maximum Gasteiger partial charge on any atom is 0.257 e. The first kappa shape index (κ1) is 14.4. The summed E-state index contributed by atoms with van der Waals surface area (Å²) in [4.78, 5) is 18.7. The first-order valence-electron chi connectivity index (χ1n) is 6.29. The van der Waals surface area contributed by atoms with E-state index in [1.807, 2.05) is 13.0 Å². The van der Waals surface area contributed by atoms with Gasteiger partial charge in [0.25, 0.3) is 5.91 Å². The van der Waals surface area contributed by atoms with E-state index in [-0.39, 0.29) is 12.5 Å². The molecule has 0 spiro atoms. The molecule has 5 nitrogen and oxygen atoms in total. The number of amides is 1. The van der Waals surface area contributed by atoms with E-state index in [0.29, 0.717) is 23.7 Å². The zero-order valence-corrected chi connectivity index (χ0v) is 11.9. The summed E-state index contributed by atoms with van der Waals surface area (Å²) in [6.45, 7) is 2.39. The Morgan fingerprint density at radius 3 is 3.10 bits per heavy atom. The molecule has 1 aromatic carbocycles. The summed E-state index contributed by atoms with van der Waals surface area (Å²) in [6, 6.07) is 5.44. The molecule has 0 radical (unpaired) electrons. The highest BCUT2D eigenvalue weighted by atomic mass is 35.5. The Morgan fingerprint density at radius 2 is 2.35 bits per heavy atom. The number of aromatic amines is 1. The van der Waals surface area contributed by atoms with Crippen LogP contribution in [-0.4, -0.2) is 29.0 Å². The van der Waals surface area contributed by atoms with E-state index in [1.165, 1.54) is 0 Å². The molecule has 0 unspecified atom stereocenters. The average Bonchev–Trinajstić information content (AvgIpc) is 2.93. The van der Waals surface area contributed by atoms with E-state index < -0.39 is 0 Å². The van der Waals surface area contributed by atoms with Crippen LogP contribution in [0.5, 0.6) is 5.75 Å². The van der Waals surface area contributed by atoms with Gasteiger partial charge >= 0.3 is 0 Å². The number of carbonyl (C=O) groups is 1. The number of ether oxygens (including phenoxy) is 1. The third-order valence-corrected chi connectivity index (χ3v) is 3.00. The molecule has 0 saturated heterocycles. The zero-order valence-electron chi connectivity index (χ0n) is 11.1. The minimum atomic E-state index is -0.186. The Hall–Kier alpha value is -2.01. The summed E-state index contributed by atoms with van der Waals surface area (Å²) < 4.78 is 5.40. The number of aromatic nitrogens is 2. The third-order valence-electron chi connectivity index (χ3n) is 2.68. The second-order valence-corrected chi connectivity index (χ2v) is 4.77. The first-order chi connectivity index (χ1) is 9.65. The van der Waals surface area contributed by atoms with Gasteiger partial charge in [0.05, 0.1) is 5.02 Å². The van der Waals surface area contributed by atoms with Gasteiger partial charge in [-0.2, -0.15) is 0 Å². The van der Waals surface area contributed by atoms with Gasteiger partial charge in [0.1, 0.15) is 11.6 Å². The Balaban J connectivity index is 1.73. The van der Waals surface area contributed by atoms with Crippen LogP contribution in [0.1, 0.15) is 11.4 Å². The van der Waals surface area contributed by atoms with Crippen molar-refractivity contribution in [1.29, 1.82) is 0 Å². The fourth-order valence-electron chi connectivity index (χ4n) is 1.67. The highest BCUT2D eigenvalue weighted by molar-refractivity contribution is 6.32. The number of benzene rings is 1. The molecule has 2 aromatic rings. The van der Waals surface area contributed by atoms with E-state index in [4.69, 9.17) is 16.3 Å². The molecular formula is C14H16ClN3O2. The van der Waals surface area contributed by atoms with Crippen molar-refractivity contribution in [2.24, 2.45) is 0 Å². The molecule has 106 valence electrons. The van der Waals surface area contributed by atoms with Crippen molar-refractivity contribution in [2.75, 3.05) is 13.2 Å². The van der Waals surface area contributed by atoms with Crippen LogP contribution in [0.2, 0.25) is 5.02 Å². The largest absolute Gasteiger partial charge is 0.482 e. The van der Waals surface area contributed by atoms with Crippen LogP contribution < -0.4 is 10.1 Å². The second kappa shape index (κ2) is 6.96. The van der Waals surface area contributed by atoms with Crippen molar-refractivity contribution in [3.05, 3.63) is 47.0 Å². The molecule has 0 saturated carbocycles. The number of H-pyrrole nitrogens is 1. The van der Waals surface area contributed by atoms with Gasteiger partial charge in [0, 0.05) is 25.4 Å². The number of hydrogen-bond acceptors (Lipinski definition) is 3. The lowest BCUT2D eigenvalue weighted by Gasteiger charge is -2.09. The summed E-state index contributed by atoms with van der Waals surface area (Å²) in [6.07, 6.45) is 4.09. The highest BCUT2D eigenvalue weighted by Crippen LogP contribution is 2.24. The fourth-order valence-corrected chi connectivity index (χ4v) is 1.84. The van der Waals surface area contributed by atoms with Crippen LogP contribution in [0.15, 0.2) is 30.6 Å². The molecule has 6 heteroatoms. The SMILES string of the molecule is Cc1ccc(Cl)c(OCC(=O)NCCc2ncc[nH]2)c1. The van der Waals surface area contributed by atoms with Crippen molar-refractivity contribution < 1.29 is 9.53 Å².